The average Bonchev–Trinajstić information content (AvgIpc) is 3.50. The van der Waals surface area contributed by atoms with Crippen molar-refractivity contribution < 1.29 is 0 Å². The molecule has 2 aromatic rings. The number of fused-ring (bicyclic) bond motifs is 2. The number of halogens is 2. The minimum atomic E-state index is 0. The Morgan fingerprint density at radius 1 is 0.633 bits per heavy atom. The summed E-state index contributed by atoms with van der Waals surface area (Å²) < 4.78 is 0. The first kappa shape index (κ1) is 23.3. The van der Waals surface area contributed by atoms with Gasteiger partial charge in [0, 0.05) is 37.7 Å². The molecule has 2 atom stereocenters. The van der Waals surface area contributed by atoms with Crippen LogP contribution in [0.5, 0.6) is 0 Å². The molecule has 6 rings (SSSR count). The highest BCUT2D eigenvalue weighted by atomic mass is 35.5. The van der Waals surface area contributed by atoms with E-state index in [-0.39, 0.29) is 24.8 Å². The van der Waals surface area contributed by atoms with E-state index >= 15 is 0 Å². The maximum absolute atomic E-state index is 4.73. The van der Waals surface area contributed by atoms with E-state index in [2.05, 4.69) is 70.5 Å². The van der Waals surface area contributed by atoms with Crippen LogP contribution in [0.15, 0.2) is 70.6 Å². The Balaban J connectivity index is 0.000000160. The lowest BCUT2D eigenvalue weighted by Crippen LogP contribution is -2.21. The van der Waals surface area contributed by atoms with E-state index < -0.39 is 0 Å². The predicted octanol–water partition coefficient (Wildman–Crippen LogP) is 5.14. The first-order chi connectivity index (χ1) is 13.9. The van der Waals surface area contributed by atoms with Crippen LogP contribution in [0.25, 0.3) is 0 Å². The van der Waals surface area contributed by atoms with Gasteiger partial charge in [-0.15, -0.1) is 24.8 Å². The van der Waals surface area contributed by atoms with Crippen molar-refractivity contribution in [1.29, 1.82) is 0 Å². The molecule has 0 saturated carbocycles. The van der Waals surface area contributed by atoms with Crippen LogP contribution < -0.4 is 0 Å². The van der Waals surface area contributed by atoms with Crippen LogP contribution in [0, 0.1) is 0 Å². The lowest BCUT2D eigenvalue weighted by Gasteiger charge is -2.12. The molecule has 4 nitrogen and oxygen atoms in total. The molecule has 0 aliphatic carbocycles. The molecule has 8 heteroatoms. The molecule has 0 amide bonds. The van der Waals surface area contributed by atoms with Crippen molar-refractivity contribution in [1.82, 2.24) is 9.80 Å². The normalized spacial score (nSPS) is 23.3. The summed E-state index contributed by atoms with van der Waals surface area (Å²) >= 11 is 3.77. The first-order valence-electron chi connectivity index (χ1n) is 9.88. The van der Waals surface area contributed by atoms with Gasteiger partial charge in [0.15, 0.2) is 10.3 Å². The Hall–Kier alpha value is -1.34. The molecule has 4 heterocycles. The SMILES string of the molecule is Cl.Cl.c1ccc(C2CN3CCSC3=N2)cc1.c1ccc(C2CN3CCSC3=N2)cc1. The largest absolute Gasteiger partial charge is 0.348 e. The zero-order chi connectivity index (χ0) is 18.8. The van der Waals surface area contributed by atoms with E-state index in [4.69, 9.17) is 9.98 Å². The minimum Gasteiger partial charge on any atom is -0.348 e. The van der Waals surface area contributed by atoms with Crippen molar-refractivity contribution in [2.75, 3.05) is 37.7 Å². The zero-order valence-electron chi connectivity index (χ0n) is 16.6. The van der Waals surface area contributed by atoms with Gasteiger partial charge in [0.2, 0.25) is 0 Å². The first-order valence-corrected chi connectivity index (χ1v) is 11.8. The molecule has 2 unspecified atom stereocenters. The summed E-state index contributed by atoms with van der Waals surface area (Å²) in [7, 11) is 0. The van der Waals surface area contributed by atoms with Crippen LogP contribution in [0.2, 0.25) is 0 Å². The van der Waals surface area contributed by atoms with Gasteiger partial charge in [-0.3, -0.25) is 9.98 Å². The molecule has 0 aromatic heterocycles. The van der Waals surface area contributed by atoms with Gasteiger partial charge >= 0.3 is 0 Å². The smallest absolute Gasteiger partial charge is 0.160 e. The van der Waals surface area contributed by atoms with E-state index in [0.29, 0.717) is 12.1 Å². The third-order valence-electron chi connectivity index (χ3n) is 5.41. The quantitative estimate of drug-likeness (QED) is 0.595. The molecule has 4 aliphatic rings. The Kier molecular flexibility index (Phi) is 8.40. The molecule has 0 bridgehead atoms. The zero-order valence-corrected chi connectivity index (χ0v) is 19.9. The highest BCUT2D eigenvalue weighted by molar-refractivity contribution is 8.14. The third-order valence-corrected chi connectivity index (χ3v) is 7.43. The summed E-state index contributed by atoms with van der Waals surface area (Å²) in [5, 5.41) is 2.50. The average molecular weight is 482 g/mol. The molecular formula is C22H26Cl2N4S2. The van der Waals surface area contributed by atoms with Crippen molar-refractivity contribution in [3.63, 3.8) is 0 Å². The fourth-order valence-electron chi connectivity index (χ4n) is 3.92. The second kappa shape index (κ2) is 10.8. The number of hydrogen-bond acceptors (Lipinski definition) is 6. The van der Waals surface area contributed by atoms with Crippen LogP contribution in [-0.2, 0) is 0 Å². The van der Waals surface area contributed by atoms with Crippen molar-refractivity contribution in [2.45, 2.75) is 12.1 Å². The summed E-state index contributed by atoms with van der Waals surface area (Å²) in [6.07, 6.45) is 0. The minimum absolute atomic E-state index is 0. The Bertz CT molecular complexity index is 806. The van der Waals surface area contributed by atoms with E-state index in [1.54, 1.807) is 0 Å². The standard InChI is InChI=1S/2C11H12N2S.2ClH/c2*1-2-4-9(5-3-1)10-8-13-6-7-14-11(13)12-10;;/h2*1-5,10H,6-8H2;2*1H. The summed E-state index contributed by atoms with van der Waals surface area (Å²) in [5.74, 6) is 2.42. The number of aliphatic imine (C=N–C) groups is 2. The molecule has 0 spiro atoms. The predicted molar refractivity (Wildman–Crippen MR) is 136 cm³/mol. The molecule has 2 fully saturated rings. The summed E-state index contributed by atoms with van der Waals surface area (Å²) in [5.41, 5.74) is 2.69. The topological polar surface area (TPSA) is 31.2 Å². The van der Waals surface area contributed by atoms with Gasteiger partial charge in [0.05, 0.1) is 12.1 Å². The van der Waals surface area contributed by atoms with Crippen LogP contribution >= 0.6 is 48.3 Å². The van der Waals surface area contributed by atoms with Gasteiger partial charge in [-0.2, -0.15) is 0 Å². The monoisotopic (exact) mass is 480 g/mol. The second-order valence-electron chi connectivity index (χ2n) is 7.27. The van der Waals surface area contributed by atoms with Crippen molar-refractivity contribution in [2.24, 2.45) is 9.98 Å². The Morgan fingerprint density at radius 2 is 1.03 bits per heavy atom. The van der Waals surface area contributed by atoms with E-state index in [9.17, 15) is 0 Å². The highest BCUT2D eigenvalue weighted by Crippen LogP contribution is 2.32. The third kappa shape index (κ3) is 5.10. The van der Waals surface area contributed by atoms with Crippen molar-refractivity contribution in [3.8, 4) is 0 Å². The van der Waals surface area contributed by atoms with Crippen LogP contribution in [0.1, 0.15) is 23.2 Å². The van der Waals surface area contributed by atoms with Gasteiger partial charge in [-0.1, -0.05) is 84.2 Å². The van der Waals surface area contributed by atoms with Gasteiger partial charge in [-0.05, 0) is 11.1 Å². The fourth-order valence-corrected chi connectivity index (χ4v) is 6.01. The van der Waals surface area contributed by atoms with E-state index in [1.807, 2.05) is 23.5 Å². The molecule has 2 aromatic carbocycles. The number of hydrogen-bond donors (Lipinski definition) is 0. The van der Waals surface area contributed by atoms with E-state index in [1.165, 1.54) is 46.1 Å². The van der Waals surface area contributed by atoms with Gasteiger partial charge in [0.1, 0.15) is 0 Å². The molecular weight excluding hydrogens is 455 g/mol. The maximum Gasteiger partial charge on any atom is 0.160 e. The van der Waals surface area contributed by atoms with Gasteiger partial charge in [0.25, 0.3) is 0 Å². The molecule has 30 heavy (non-hydrogen) atoms. The van der Waals surface area contributed by atoms with Crippen LogP contribution in [0.3, 0.4) is 0 Å². The molecule has 160 valence electrons. The van der Waals surface area contributed by atoms with Crippen LogP contribution in [0.4, 0.5) is 0 Å². The number of benzene rings is 2. The number of rotatable bonds is 2. The molecule has 0 radical (unpaired) electrons. The Morgan fingerprint density at radius 3 is 1.40 bits per heavy atom. The number of amidine groups is 2. The number of thioether (sulfide) groups is 2. The van der Waals surface area contributed by atoms with Gasteiger partial charge in [-0.25, -0.2) is 0 Å². The Labute approximate surface area is 199 Å². The van der Waals surface area contributed by atoms with Crippen molar-refractivity contribution in [3.05, 3.63) is 71.8 Å². The summed E-state index contributed by atoms with van der Waals surface area (Å²) in [4.78, 5) is 14.2. The summed E-state index contributed by atoms with van der Waals surface area (Å²) in [6, 6.07) is 21.9. The summed E-state index contributed by atoms with van der Waals surface area (Å²) in [6.45, 7) is 4.50. The molecule has 2 saturated heterocycles. The fraction of sp³-hybridized carbons (Fsp3) is 0.364. The maximum atomic E-state index is 4.73. The second-order valence-corrected chi connectivity index (χ2v) is 9.39. The molecule has 0 N–H and O–H groups in total. The molecule has 4 aliphatic heterocycles. The van der Waals surface area contributed by atoms with Crippen LogP contribution in [-0.4, -0.2) is 57.8 Å². The van der Waals surface area contributed by atoms with Gasteiger partial charge < -0.3 is 9.80 Å². The number of nitrogens with zero attached hydrogens (tertiary/aromatic N) is 4. The van der Waals surface area contributed by atoms with E-state index in [0.717, 1.165) is 13.1 Å². The lowest BCUT2D eigenvalue weighted by atomic mass is 10.1. The van der Waals surface area contributed by atoms with Crippen molar-refractivity contribution >= 4 is 58.7 Å². The highest BCUT2D eigenvalue weighted by Gasteiger charge is 2.30. The lowest BCUT2D eigenvalue weighted by molar-refractivity contribution is 0.464.